The summed E-state index contributed by atoms with van der Waals surface area (Å²) in [6.45, 7) is 4.92. The number of carbonyl (C=O) groups is 1. The number of quaternary nitrogens is 1. The van der Waals surface area contributed by atoms with E-state index >= 15 is 0 Å². The number of hydrogen-bond donors (Lipinski definition) is 0. The van der Waals surface area contributed by atoms with Gasteiger partial charge in [-0.1, -0.05) is 173 Å². The van der Waals surface area contributed by atoms with Crippen LogP contribution in [0.5, 0.6) is 0 Å². The molecule has 63 heavy (non-hydrogen) atoms. The van der Waals surface area contributed by atoms with Crippen LogP contribution in [0.1, 0.15) is 129 Å². The van der Waals surface area contributed by atoms with Crippen LogP contribution in [0.4, 0.5) is 0 Å². The fourth-order valence-corrected chi connectivity index (χ4v) is 6.09. The Labute approximate surface area is 385 Å². The second-order valence-corrected chi connectivity index (χ2v) is 17.4. The number of unbranched alkanes of at least 4 members (excludes halogenated alkanes) is 4. The number of phosphoric ester groups is 1. The van der Waals surface area contributed by atoms with E-state index in [1.54, 1.807) is 6.08 Å². The van der Waals surface area contributed by atoms with Crippen LogP contribution < -0.4 is 4.89 Å². The minimum atomic E-state index is -4.57. The summed E-state index contributed by atoms with van der Waals surface area (Å²) < 4.78 is 34.4. The molecule has 8 nitrogen and oxygen atoms in total. The molecule has 0 bridgehead atoms. The molecule has 354 valence electrons. The number of nitrogens with zero attached hydrogens (tertiary/aromatic N) is 1. The maximum Gasteiger partial charge on any atom is 0.310 e. The molecule has 9 heteroatoms. The smallest absolute Gasteiger partial charge is 0.310 e. The van der Waals surface area contributed by atoms with Crippen LogP contribution in [0.25, 0.3) is 0 Å². The maximum absolute atomic E-state index is 12.6. The van der Waals surface area contributed by atoms with Gasteiger partial charge in [-0.2, -0.15) is 0 Å². The fraction of sp³-hybridized carbons (Fsp3) is 0.537. The van der Waals surface area contributed by atoms with Gasteiger partial charge < -0.3 is 27.9 Å². The van der Waals surface area contributed by atoms with Gasteiger partial charge in [0.25, 0.3) is 7.82 Å². The van der Waals surface area contributed by atoms with Gasteiger partial charge in [-0.3, -0.25) is 9.36 Å². The third kappa shape index (κ3) is 49.3. The van der Waals surface area contributed by atoms with Crippen LogP contribution >= 0.6 is 7.82 Å². The van der Waals surface area contributed by atoms with E-state index in [-0.39, 0.29) is 26.2 Å². The lowest BCUT2D eigenvalue weighted by Gasteiger charge is -2.28. The minimum Gasteiger partial charge on any atom is -0.756 e. The van der Waals surface area contributed by atoms with Gasteiger partial charge in [0, 0.05) is 6.61 Å². The van der Waals surface area contributed by atoms with Gasteiger partial charge >= 0.3 is 5.97 Å². The van der Waals surface area contributed by atoms with Gasteiger partial charge in [0.2, 0.25) is 0 Å². The van der Waals surface area contributed by atoms with Gasteiger partial charge in [-0.25, -0.2) is 0 Å². The average Bonchev–Trinajstić information content (AvgIpc) is 3.24. The number of esters is 1. The largest absolute Gasteiger partial charge is 0.756 e. The van der Waals surface area contributed by atoms with E-state index in [9.17, 15) is 14.3 Å². The molecular formula is C54H86NO7P. The van der Waals surface area contributed by atoms with E-state index < -0.39 is 19.9 Å². The molecule has 0 saturated carbocycles. The lowest BCUT2D eigenvalue weighted by molar-refractivity contribution is -0.870. The average molecular weight is 892 g/mol. The normalized spacial score (nSPS) is 15.0. The summed E-state index contributed by atoms with van der Waals surface area (Å²) in [7, 11) is 1.25. The summed E-state index contributed by atoms with van der Waals surface area (Å²) >= 11 is 0. The molecule has 0 rings (SSSR count). The van der Waals surface area contributed by atoms with Crippen LogP contribution in [0.3, 0.4) is 0 Å². The van der Waals surface area contributed by atoms with Crippen molar-refractivity contribution in [2.24, 2.45) is 0 Å². The van der Waals surface area contributed by atoms with Crippen molar-refractivity contribution in [1.29, 1.82) is 0 Å². The van der Waals surface area contributed by atoms with Crippen molar-refractivity contribution in [3.8, 4) is 0 Å². The Kier molecular flexibility index (Phi) is 42.4. The lowest BCUT2D eigenvalue weighted by Crippen LogP contribution is -2.37. The molecular weight excluding hydrogens is 806 g/mol. The number of hydrogen-bond acceptors (Lipinski definition) is 7. The number of rotatable bonds is 41. The summed E-state index contributed by atoms with van der Waals surface area (Å²) in [5.74, 6) is -0.478. The van der Waals surface area contributed by atoms with Crippen LogP contribution in [0.2, 0.25) is 0 Å². The molecule has 0 amide bonds. The Morgan fingerprint density at radius 1 is 0.492 bits per heavy atom. The Bertz CT molecular complexity index is 1500. The van der Waals surface area contributed by atoms with Crippen LogP contribution in [0, 0.1) is 0 Å². The Hall–Kier alpha value is -3.62. The van der Waals surface area contributed by atoms with E-state index in [4.69, 9.17) is 18.5 Å². The first-order valence-electron chi connectivity index (χ1n) is 23.6. The third-order valence-electron chi connectivity index (χ3n) is 8.92. The van der Waals surface area contributed by atoms with Crippen LogP contribution in [-0.2, 0) is 27.9 Å². The van der Waals surface area contributed by atoms with Gasteiger partial charge in [0.05, 0.1) is 40.8 Å². The molecule has 0 heterocycles. The first-order chi connectivity index (χ1) is 30.6. The molecule has 0 aromatic heterocycles. The quantitative estimate of drug-likeness (QED) is 0.0198. The third-order valence-corrected chi connectivity index (χ3v) is 9.88. The standard InChI is InChI=1S/C54H86NO7P/c1-6-8-10-12-14-16-18-20-22-23-24-25-26-27-28-29-30-31-32-34-36-38-40-42-44-46-49-59-51-53(52-61-63(57,58)60-50-48-55(3,4)5)62-54(56)47-45-43-41-39-37-35-33-21-19-17-15-13-11-9-7-2/h8-11,14-17,20-22,24-25,27-28,30-31,33-34,36-37,39,43,45,53H,6-7,12-13,18-19,23,26,29,32,35,38,40-42,44,46-52H2,1-5H3/b10-8-,11-9-,16-14-,17-15-,22-20-,25-24-,28-27-,31-30-,33-21-,36-34-,39-37-,45-43-. The highest BCUT2D eigenvalue weighted by Crippen LogP contribution is 2.38. The summed E-state index contributed by atoms with van der Waals surface area (Å²) in [6, 6.07) is 0. The van der Waals surface area contributed by atoms with Crippen LogP contribution in [0.15, 0.2) is 146 Å². The van der Waals surface area contributed by atoms with Crippen molar-refractivity contribution in [2.45, 2.75) is 136 Å². The van der Waals surface area contributed by atoms with Crippen molar-refractivity contribution >= 4 is 13.8 Å². The van der Waals surface area contributed by atoms with Crippen molar-refractivity contribution in [3.05, 3.63) is 146 Å². The highest BCUT2D eigenvalue weighted by molar-refractivity contribution is 7.45. The Morgan fingerprint density at radius 3 is 1.29 bits per heavy atom. The van der Waals surface area contributed by atoms with Gasteiger partial charge in [0.1, 0.15) is 19.3 Å². The summed E-state index contributed by atoms with van der Waals surface area (Å²) in [5, 5.41) is 0. The summed E-state index contributed by atoms with van der Waals surface area (Å²) in [4.78, 5) is 25.0. The highest BCUT2D eigenvalue weighted by Gasteiger charge is 2.20. The zero-order valence-electron chi connectivity index (χ0n) is 39.9. The second kappa shape index (κ2) is 45.0. The molecule has 0 fully saturated rings. The number of allylic oxidation sites excluding steroid dienone is 23. The van der Waals surface area contributed by atoms with Crippen LogP contribution in [-0.4, -0.2) is 70.7 Å². The zero-order chi connectivity index (χ0) is 46.2. The number of likely N-dealkylation sites (N-methyl/N-ethyl adjacent to an activating group) is 1. The van der Waals surface area contributed by atoms with E-state index in [0.29, 0.717) is 24.1 Å². The topological polar surface area (TPSA) is 94.1 Å². The molecule has 0 aromatic carbocycles. The fourth-order valence-electron chi connectivity index (χ4n) is 5.36. The molecule has 2 unspecified atom stereocenters. The van der Waals surface area contributed by atoms with Crippen molar-refractivity contribution < 1.29 is 37.3 Å². The van der Waals surface area contributed by atoms with E-state index in [1.807, 2.05) is 27.2 Å². The monoisotopic (exact) mass is 892 g/mol. The predicted octanol–water partition coefficient (Wildman–Crippen LogP) is 13.9. The predicted molar refractivity (Wildman–Crippen MR) is 267 cm³/mol. The first kappa shape index (κ1) is 59.4. The number of carbonyl (C=O) groups excluding carboxylic acids is 1. The molecule has 0 aliphatic carbocycles. The second-order valence-electron chi connectivity index (χ2n) is 16.0. The van der Waals surface area contributed by atoms with Gasteiger partial charge in [0.15, 0.2) is 0 Å². The number of ether oxygens (including phenoxy) is 2. The van der Waals surface area contributed by atoms with E-state index in [0.717, 1.165) is 103 Å². The van der Waals surface area contributed by atoms with Gasteiger partial charge in [-0.05, 0) is 96.3 Å². The molecule has 0 radical (unpaired) electrons. The minimum absolute atomic E-state index is 0.00539. The first-order valence-corrected chi connectivity index (χ1v) is 25.0. The SMILES string of the molecule is CC/C=C\C/C=C\C/C=C\C/C=C\C/C=C\C/C=C\C/C=C\CCCCCCOCC(COP(=O)([O-])OCC[N+](C)(C)C)OC(=O)C/C=C\C/C=C\C/C=C\C/C=C\C/C=C\CC. The Morgan fingerprint density at radius 2 is 0.873 bits per heavy atom. The van der Waals surface area contributed by atoms with Crippen molar-refractivity contribution in [2.75, 3.05) is 54.1 Å². The zero-order valence-corrected chi connectivity index (χ0v) is 40.8. The molecule has 0 aromatic rings. The number of phosphoric acid groups is 1. The van der Waals surface area contributed by atoms with E-state index in [2.05, 4.69) is 148 Å². The Balaban J connectivity index is 4.37. The van der Waals surface area contributed by atoms with E-state index in [1.165, 1.54) is 0 Å². The summed E-state index contributed by atoms with van der Waals surface area (Å²) in [6.07, 6.45) is 67.6. The van der Waals surface area contributed by atoms with Gasteiger partial charge in [-0.15, -0.1) is 0 Å². The molecule has 0 N–H and O–H groups in total. The molecule has 2 atom stereocenters. The maximum atomic E-state index is 12.6. The molecule has 0 spiro atoms. The molecule has 0 aliphatic heterocycles. The highest BCUT2D eigenvalue weighted by atomic mass is 31.2. The lowest BCUT2D eigenvalue weighted by atomic mass is 10.1. The van der Waals surface area contributed by atoms with Crippen molar-refractivity contribution in [1.82, 2.24) is 0 Å². The summed E-state index contributed by atoms with van der Waals surface area (Å²) in [5.41, 5.74) is 0. The molecule has 0 saturated heterocycles. The van der Waals surface area contributed by atoms with Crippen molar-refractivity contribution in [3.63, 3.8) is 0 Å². The molecule has 0 aliphatic rings.